The normalized spacial score (nSPS) is 18.8. The molecule has 1 saturated carbocycles. The van der Waals surface area contributed by atoms with E-state index in [-0.39, 0.29) is 5.75 Å². The first-order valence-corrected chi connectivity index (χ1v) is 5.77. The van der Waals surface area contributed by atoms with Crippen molar-refractivity contribution in [2.75, 3.05) is 7.11 Å². The quantitative estimate of drug-likeness (QED) is 0.866. The summed E-state index contributed by atoms with van der Waals surface area (Å²) in [6.07, 6.45) is 3.75. The van der Waals surface area contributed by atoms with E-state index in [1.165, 1.54) is 13.2 Å². The molecule has 2 nitrogen and oxygen atoms in total. The molecular formula is C12H15ClFNO. The first-order valence-electron chi connectivity index (χ1n) is 5.40. The number of benzene rings is 1. The number of methoxy groups -OCH3 is 1. The summed E-state index contributed by atoms with van der Waals surface area (Å²) in [4.78, 5) is 0. The Kier molecular flexibility index (Phi) is 3.08. The van der Waals surface area contributed by atoms with Crippen molar-refractivity contribution in [3.05, 3.63) is 28.5 Å². The molecule has 1 aromatic carbocycles. The fraction of sp³-hybridized carbons (Fsp3) is 0.500. The molecule has 2 N–H and O–H groups in total. The Labute approximate surface area is 99.5 Å². The van der Waals surface area contributed by atoms with Gasteiger partial charge in [-0.1, -0.05) is 24.4 Å². The Morgan fingerprint density at radius 2 is 2.00 bits per heavy atom. The van der Waals surface area contributed by atoms with E-state index >= 15 is 0 Å². The standard InChI is InChI=1S/C12H15ClFNO/c1-16-11-9(14)5-4-8(13)10(11)12(15)6-2-3-7-12/h4-5H,2-3,6-7,15H2,1H3. The van der Waals surface area contributed by atoms with E-state index in [4.69, 9.17) is 22.1 Å². The van der Waals surface area contributed by atoms with Gasteiger partial charge in [0.1, 0.15) is 0 Å². The topological polar surface area (TPSA) is 35.2 Å². The van der Waals surface area contributed by atoms with Crippen molar-refractivity contribution >= 4 is 11.6 Å². The predicted octanol–water partition coefficient (Wildman–Crippen LogP) is 3.22. The summed E-state index contributed by atoms with van der Waals surface area (Å²) in [6.45, 7) is 0. The lowest BCUT2D eigenvalue weighted by Crippen LogP contribution is -2.34. The van der Waals surface area contributed by atoms with Crippen LogP contribution in [-0.2, 0) is 5.54 Å². The van der Waals surface area contributed by atoms with Gasteiger partial charge in [0, 0.05) is 16.1 Å². The van der Waals surface area contributed by atoms with Crippen LogP contribution in [0.5, 0.6) is 5.75 Å². The molecule has 1 aromatic rings. The van der Waals surface area contributed by atoms with E-state index in [1.54, 1.807) is 6.07 Å². The van der Waals surface area contributed by atoms with Gasteiger partial charge in [-0.3, -0.25) is 0 Å². The lowest BCUT2D eigenvalue weighted by Gasteiger charge is -2.27. The van der Waals surface area contributed by atoms with Crippen LogP contribution in [0.2, 0.25) is 5.02 Å². The van der Waals surface area contributed by atoms with Gasteiger partial charge < -0.3 is 10.5 Å². The molecule has 0 aliphatic heterocycles. The zero-order valence-corrected chi connectivity index (χ0v) is 9.98. The molecule has 1 aliphatic carbocycles. The van der Waals surface area contributed by atoms with Gasteiger partial charge in [-0.25, -0.2) is 4.39 Å². The zero-order valence-electron chi connectivity index (χ0n) is 9.22. The first-order chi connectivity index (χ1) is 7.58. The van der Waals surface area contributed by atoms with Crippen molar-refractivity contribution in [2.45, 2.75) is 31.2 Å². The summed E-state index contributed by atoms with van der Waals surface area (Å²) in [6, 6.07) is 2.85. The third-order valence-electron chi connectivity index (χ3n) is 3.26. The maximum Gasteiger partial charge on any atom is 0.165 e. The number of nitrogens with two attached hydrogens (primary N) is 1. The highest BCUT2D eigenvalue weighted by Gasteiger charge is 2.36. The Morgan fingerprint density at radius 3 is 2.56 bits per heavy atom. The minimum Gasteiger partial charge on any atom is -0.493 e. The average molecular weight is 244 g/mol. The van der Waals surface area contributed by atoms with E-state index in [0.717, 1.165) is 25.7 Å². The van der Waals surface area contributed by atoms with Gasteiger partial charge in [0.15, 0.2) is 11.6 Å². The van der Waals surface area contributed by atoms with E-state index in [1.807, 2.05) is 0 Å². The van der Waals surface area contributed by atoms with Crippen LogP contribution >= 0.6 is 11.6 Å². The van der Waals surface area contributed by atoms with Gasteiger partial charge >= 0.3 is 0 Å². The zero-order chi connectivity index (χ0) is 11.8. The second-order valence-corrected chi connectivity index (χ2v) is 4.71. The minimum atomic E-state index is -0.537. The van der Waals surface area contributed by atoms with Gasteiger partial charge in [-0.15, -0.1) is 0 Å². The van der Waals surface area contributed by atoms with Crippen LogP contribution in [0.1, 0.15) is 31.2 Å². The maximum atomic E-state index is 13.6. The Hall–Kier alpha value is -0.800. The molecule has 0 heterocycles. The molecule has 0 bridgehead atoms. The second kappa shape index (κ2) is 4.22. The SMILES string of the molecule is COc1c(F)ccc(Cl)c1C1(N)CCCC1. The number of halogens is 2. The average Bonchev–Trinajstić information content (AvgIpc) is 2.69. The number of ether oxygens (including phenoxy) is 1. The fourth-order valence-electron chi connectivity index (χ4n) is 2.45. The van der Waals surface area contributed by atoms with Crippen LogP contribution < -0.4 is 10.5 Å². The van der Waals surface area contributed by atoms with Crippen LogP contribution in [0.15, 0.2) is 12.1 Å². The van der Waals surface area contributed by atoms with Crippen LogP contribution in [0.3, 0.4) is 0 Å². The third kappa shape index (κ3) is 1.78. The molecule has 1 aliphatic rings. The minimum absolute atomic E-state index is 0.192. The molecule has 2 rings (SSSR count). The molecule has 16 heavy (non-hydrogen) atoms. The van der Waals surface area contributed by atoms with E-state index in [0.29, 0.717) is 10.6 Å². The Balaban J connectivity index is 2.57. The Morgan fingerprint density at radius 1 is 1.38 bits per heavy atom. The van der Waals surface area contributed by atoms with Crippen LogP contribution in [-0.4, -0.2) is 7.11 Å². The summed E-state index contributed by atoms with van der Waals surface area (Å²) < 4.78 is 18.7. The Bertz CT molecular complexity index is 402. The lowest BCUT2D eigenvalue weighted by atomic mass is 9.88. The number of hydrogen-bond acceptors (Lipinski definition) is 2. The summed E-state index contributed by atoms with van der Waals surface area (Å²) >= 11 is 6.12. The van der Waals surface area contributed by atoms with Crippen molar-refractivity contribution in [2.24, 2.45) is 5.73 Å². The molecule has 88 valence electrons. The van der Waals surface area contributed by atoms with Crippen LogP contribution in [0.4, 0.5) is 4.39 Å². The highest BCUT2D eigenvalue weighted by molar-refractivity contribution is 6.31. The molecule has 1 fully saturated rings. The molecule has 0 amide bonds. The van der Waals surface area contributed by atoms with Gasteiger partial charge in [0.05, 0.1) is 7.11 Å². The van der Waals surface area contributed by atoms with Crippen LogP contribution in [0.25, 0.3) is 0 Å². The molecule has 0 saturated heterocycles. The van der Waals surface area contributed by atoms with Crippen molar-refractivity contribution in [1.82, 2.24) is 0 Å². The summed E-state index contributed by atoms with van der Waals surface area (Å²) in [5.41, 5.74) is 6.38. The largest absolute Gasteiger partial charge is 0.493 e. The van der Waals surface area contributed by atoms with Gasteiger partial charge in [-0.05, 0) is 25.0 Å². The smallest absolute Gasteiger partial charge is 0.165 e. The van der Waals surface area contributed by atoms with Gasteiger partial charge in [-0.2, -0.15) is 0 Å². The second-order valence-electron chi connectivity index (χ2n) is 4.30. The summed E-state index contributed by atoms with van der Waals surface area (Å²) in [7, 11) is 1.44. The van der Waals surface area contributed by atoms with Crippen molar-refractivity contribution in [3.8, 4) is 5.75 Å². The fourth-order valence-corrected chi connectivity index (χ4v) is 2.79. The predicted molar refractivity (Wildman–Crippen MR) is 62.3 cm³/mol. The van der Waals surface area contributed by atoms with E-state index in [9.17, 15) is 4.39 Å². The number of hydrogen-bond donors (Lipinski definition) is 1. The molecule has 0 aromatic heterocycles. The molecule has 4 heteroatoms. The highest BCUT2D eigenvalue weighted by atomic mass is 35.5. The molecule has 0 spiro atoms. The molecule has 0 radical (unpaired) electrons. The molecule has 0 unspecified atom stereocenters. The first kappa shape index (κ1) is 11.7. The van der Waals surface area contributed by atoms with Crippen molar-refractivity contribution in [1.29, 1.82) is 0 Å². The van der Waals surface area contributed by atoms with Gasteiger partial charge in [0.25, 0.3) is 0 Å². The number of rotatable bonds is 2. The van der Waals surface area contributed by atoms with E-state index < -0.39 is 11.4 Å². The lowest BCUT2D eigenvalue weighted by molar-refractivity contribution is 0.357. The van der Waals surface area contributed by atoms with E-state index in [2.05, 4.69) is 0 Å². The monoisotopic (exact) mass is 243 g/mol. The summed E-state index contributed by atoms with van der Waals surface area (Å²) in [5, 5.41) is 0.489. The maximum absolute atomic E-state index is 13.6. The van der Waals surface area contributed by atoms with Crippen molar-refractivity contribution in [3.63, 3.8) is 0 Å². The molecule has 0 atom stereocenters. The van der Waals surface area contributed by atoms with Gasteiger partial charge in [0.2, 0.25) is 0 Å². The van der Waals surface area contributed by atoms with Crippen molar-refractivity contribution < 1.29 is 9.13 Å². The highest BCUT2D eigenvalue weighted by Crippen LogP contribution is 2.44. The third-order valence-corrected chi connectivity index (χ3v) is 3.57. The van der Waals surface area contributed by atoms with Crippen LogP contribution in [0, 0.1) is 5.82 Å². The molecular weight excluding hydrogens is 229 g/mol. The summed E-state index contributed by atoms with van der Waals surface area (Å²) in [5.74, 6) is -0.212.